The van der Waals surface area contributed by atoms with E-state index in [9.17, 15) is 9.59 Å². The van der Waals surface area contributed by atoms with Crippen molar-refractivity contribution in [3.05, 3.63) is 35.4 Å². The number of halogens is 1. The highest BCUT2D eigenvalue weighted by Gasteiger charge is 2.32. The zero-order valence-electron chi connectivity index (χ0n) is 14.9. The van der Waals surface area contributed by atoms with E-state index in [1.807, 2.05) is 11.0 Å². The average molecular weight is 383 g/mol. The zero-order valence-corrected chi connectivity index (χ0v) is 15.7. The molecule has 0 aromatic heterocycles. The van der Waals surface area contributed by atoms with E-state index >= 15 is 0 Å². The molecule has 0 aliphatic carbocycles. The van der Waals surface area contributed by atoms with Gasteiger partial charge in [-0.15, -0.1) is 0 Å². The lowest BCUT2D eigenvalue weighted by Gasteiger charge is -2.34. The number of hydrogen-bond donors (Lipinski definition) is 1. The fourth-order valence-corrected chi connectivity index (χ4v) is 3.08. The Labute approximate surface area is 157 Å². The third-order valence-electron chi connectivity index (χ3n) is 4.05. The quantitative estimate of drug-likeness (QED) is 0.545. The van der Waals surface area contributed by atoms with Crippen LogP contribution in [0.25, 0.3) is 0 Å². The Morgan fingerprint density at radius 1 is 1.46 bits per heavy atom. The first-order valence-corrected chi connectivity index (χ1v) is 8.56. The number of rotatable bonds is 8. The van der Waals surface area contributed by atoms with Crippen molar-refractivity contribution in [3.63, 3.8) is 0 Å². The van der Waals surface area contributed by atoms with Crippen LogP contribution in [0.15, 0.2) is 24.8 Å². The predicted octanol–water partition coefficient (Wildman–Crippen LogP) is 1.78. The Bertz CT molecular complexity index is 680. The molecule has 1 aromatic rings. The lowest BCUT2D eigenvalue weighted by molar-refractivity contribution is -0.146. The van der Waals surface area contributed by atoms with E-state index in [-0.39, 0.29) is 12.3 Å². The number of carbonyl (C=O) groups is 2. The van der Waals surface area contributed by atoms with Crippen LogP contribution in [0, 0.1) is 0 Å². The summed E-state index contributed by atoms with van der Waals surface area (Å²) in [6.45, 7) is 5.49. The fraction of sp³-hybridized carbons (Fsp3) is 0.444. The first-order valence-electron chi connectivity index (χ1n) is 8.18. The van der Waals surface area contributed by atoms with Gasteiger partial charge in [0.2, 0.25) is 5.91 Å². The standard InChI is InChI=1S/C18H23ClN2O5/c1-4-7-26-17-13(19)8-12(9-15(17)24-2)11-21-6-5-20-18(23)14(21)10-16(22)25-3/h4,8-9,14H,1,5-7,10-11H2,2-3H3,(H,20,23)/t14-/m1/s1. The van der Waals surface area contributed by atoms with Crippen LogP contribution in [-0.2, 0) is 20.9 Å². The second kappa shape index (κ2) is 9.45. The molecule has 1 aliphatic rings. The van der Waals surface area contributed by atoms with Crippen molar-refractivity contribution < 1.29 is 23.8 Å². The molecule has 1 aromatic carbocycles. The van der Waals surface area contributed by atoms with Gasteiger partial charge in [0.1, 0.15) is 12.6 Å². The van der Waals surface area contributed by atoms with Crippen molar-refractivity contribution in [1.29, 1.82) is 0 Å². The van der Waals surface area contributed by atoms with Crippen molar-refractivity contribution in [3.8, 4) is 11.5 Å². The summed E-state index contributed by atoms with van der Waals surface area (Å²) in [5.41, 5.74) is 0.849. The summed E-state index contributed by atoms with van der Waals surface area (Å²) in [4.78, 5) is 25.7. The molecule has 0 bridgehead atoms. The van der Waals surface area contributed by atoms with Gasteiger partial charge in [-0.3, -0.25) is 14.5 Å². The molecule has 142 valence electrons. The Balaban J connectivity index is 2.21. The van der Waals surface area contributed by atoms with E-state index in [2.05, 4.69) is 11.9 Å². The average Bonchev–Trinajstić information content (AvgIpc) is 2.63. The number of methoxy groups -OCH3 is 2. The first-order chi connectivity index (χ1) is 12.5. The highest BCUT2D eigenvalue weighted by Crippen LogP contribution is 2.37. The topological polar surface area (TPSA) is 77.1 Å². The summed E-state index contributed by atoms with van der Waals surface area (Å²) < 4.78 is 15.6. The van der Waals surface area contributed by atoms with E-state index < -0.39 is 12.0 Å². The molecule has 0 saturated carbocycles. The van der Waals surface area contributed by atoms with E-state index in [0.717, 1.165) is 5.56 Å². The molecule has 1 aliphatic heterocycles. The normalized spacial score (nSPS) is 17.3. The molecule has 0 unspecified atom stereocenters. The van der Waals surface area contributed by atoms with Gasteiger partial charge in [-0.25, -0.2) is 0 Å². The number of esters is 1. The maximum absolute atomic E-state index is 12.2. The van der Waals surface area contributed by atoms with Crippen molar-refractivity contribution >= 4 is 23.5 Å². The van der Waals surface area contributed by atoms with Crippen LogP contribution in [0.5, 0.6) is 11.5 Å². The van der Waals surface area contributed by atoms with Crippen LogP contribution in [0.2, 0.25) is 5.02 Å². The number of nitrogens with one attached hydrogen (secondary N) is 1. The highest BCUT2D eigenvalue weighted by atomic mass is 35.5. The first kappa shape index (κ1) is 20.1. The molecule has 8 heteroatoms. The third-order valence-corrected chi connectivity index (χ3v) is 4.33. The van der Waals surface area contributed by atoms with Gasteiger partial charge < -0.3 is 19.5 Å². The van der Waals surface area contributed by atoms with Crippen molar-refractivity contribution in [2.24, 2.45) is 0 Å². The largest absolute Gasteiger partial charge is 0.493 e. The molecule has 1 fully saturated rings. The van der Waals surface area contributed by atoms with Gasteiger partial charge in [0.05, 0.1) is 25.7 Å². The minimum absolute atomic E-state index is 0.00622. The molecule has 2 rings (SSSR count). The van der Waals surface area contributed by atoms with Gasteiger partial charge >= 0.3 is 5.97 Å². The van der Waals surface area contributed by atoms with Crippen LogP contribution in [-0.4, -0.2) is 56.7 Å². The smallest absolute Gasteiger partial charge is 0.307 e. The van der Waals surface area contributed by atoms with Gasteiger partial charge in [-0.2, -0.15) is 0 Å². The van der Waals surface area contributed by atoms with Gasteiger partial charge in [-0.1, -0.05) is 24.3 Å². The second-order valence-corrected chi connectivity index (χ2v) is 6.17. The Hall–Kier alpha value is -2.25. The maximum Gasteiger partial charge on any atom is 0.307 e. The second-order valence-electron chi connectivity index (χ2n) is 5.77. The minimum Gasteiger partial charge on any atom is -0.493 e. The van der Waals surface area contributed by atoms with E-state index in [0.29, 0.717) is 42.8 Å². The molecular formula is C18H23ClN2O5. The maximum atomic E-state index is 12.2. The number of hydrogen-bond acceptors (Lipinski definition) is 6. The number of ether oxygens (including phenoxy) is 3. The van der Waals surface area contributed by atoms with Gasteiger partial charge in [-0.05, 0) is 17.7 Å². The van der Waals surface area contributed by atoms with E-state index in [1.165, 1.54) is 14.2 Å². The lowest BCUT2D eigenvalue weighted by Crippen LogP contribution is -2.55. The van der Waals surface area contributed by atoms with Gasteiger partial charge in [0, 0.05) is 19.6 Å². The van der Waals surface area contributed by atoms with Crippen LogP contribution in [0.3, 0.4) is 0 Å². The molecule has 1 heterocycles. The minimum atomic E-state index is -0.585. The molecule has 26 heavy (non-hydrogen) atoms. The molecule has 0 radical (unpaired) electrons. The fourth-order valence-electron chi connectivity index (χ4n) is 2.80. The van der Waals surface area contributed by atoms with Gasteiger partial charge in [0.15, 0.2) is 11.5 Å². The van der Waals surface area contributed by atoms with E-state index in [4.69, 9.17) is 25.8 Å². The predicted molar refractivity (Wildman–Crippen MR) is 97.5 cm³/mol. The Kier molecular flexibility index (Phi) is 7.29. The summed E-state index contributed by atoms with van der Waals surface area (Å²) in [6.07, 6.45) is 1.61. The molecule has 1 saturated heterocycles. The van der Waals surface area contributed by atoms with Crippen LogP contribution in [0.4, 0.5) is 0 Å². The van der Waals surface area contributed by atoms with Crippen LogP contribution >= 0.6 is 11.6 Å². The zero-order chi connectivity index (χ0) is 19.1. The summed E-state index contributed by atoms with van der Waals surface area (Å²) in [5.74, 6) is 0.326. The SMILES string of the molecule is C=CCOc1c(Cl)cc(CN2CCNC(=O)[C@H]2CC(=O)OC)cc1OC. The molecule has 7 nitrogen and oxygen atoms in total. The van der Waals surface area contributed by atoms with Crippen molar-refractivity contribution in [2.75, 3.05) is 33.9 Å². The number of nitrogens with zero attached hydrogens (tertiary/aromatic N) is 1. The number of amides is 1. The lowest BCUT2D eigenvalue weighted by atomic mass is 10.1. The third kappa shape index (κ3) is 4.89. The highest BCUT2D eigenvalue weighted by molar-refractivity contribution is 6.32. The summed E-state index contributed by atoms with van der Waals surface area (Å²) >= 11 is 6.33. The number of piperazine rings is 1. The molecule has 1 N–H and O–H groups in total. The van der Waals surface area contributed by atoms with Crippen molar-refractivity contribution in [1.82, 2.24) is 10.2 Å². The molecule has 0 spiro atoms. The van der Waals surface area contributed by atoms with E-state index in [1.54, 1.807) is 12.1 Å². The monoisotopic (exact) mass is 382 g/mol. The summed E-state index contributed by atoms with van der Waals surface area (Å²) in [7, 11) is 2.84. The summed E-state index contributed by atoms with van der Waals surface area (Å²) in [6, 6.07) is 2.99. The molecule has 1 atom stereocenters. The molecule has 1 amide bonds. The Morgan fingerprint density at radius 2 is 2.23 bits per heavy atom. The van der Waals surface area contributed by atoms with Crippen LogP contribution in [0.1, 0.15) is 12.0 Å². The molecular weight excluding hydrogens is 360 g/mol. The Morgan fingerprint density at radius 3 is 2.88 bits per heavy atom. The number of benzene rings is 1. The summed E-state index contributed by atoms with van der Waals surface area (Å²) in [5, 5.41) is 3.18. The number of carbonyl (C=O) groups excluding carboxylic acids is 2. The van der Waals surface area contributed by atoms with Crippen molar-refractivity contribution in [2.45, 2.75) is 19.0 Å². The van der Waals surface area contributed by atoms with Crippen LogP contribution < -0.4 is 14.8 Å². The van der Waals surface area contributed by atoms with Gasteiger partial charge in [0.25, 0.3) is 0 Å².